The van der Waals surface area contributed by atoms with Gasteiger partial charge in [-0.15, -0.1) is 0 Å². The fraction of sp³-hybridized carbons (Fsp3) is 0.292. The second-order valence-corrected chi connectivity index (χ2v) is 7.77. The van der Waals surface area contributed by atoms with Crippen LogP contribution in [0.1, 0.15) is 39.2 Å². The third kappa shape index (κ3) is 4.59. The van der Waals surface area contributed by atoms with Gasteiger partial charge in [0.15, 0.2) is 0 Å². The maximum absolute atomic E-state index is 13.1. The van der Waals surface area contributed by atoms with E-state index in [1.807, 2.05) is 30.3 Å². The zero-order valence-corrected chi connectivity index (χ0v) is 18.0. The topological polar surface area (TPSA) is 97.2 Å². The molecule has 1 aliphatic heterocycles. The van der Waals surface area contributed by atoms with E-state index < -0.39 is 5.91 Å². The Morgan fingerprint density at radius 1 is 1.16 bits per heavy atom. The van der Waals surface area contributed by atoms with Gasteiger partial charge in [0.1, 0.15) is 5.56 Å². The minimum atomic E-state index is -0.393. The van der Waals surface area contributed by atoms with E-state index in [2.05, 4.69) is 15.3 Å². The van der Waals surface area contributed by atoms with Gasteiger partial charge in [0.05, 0.1) is 12.2 Å². The summed E-state index contributed by atoms with van der Waals surface area (Å²) in [6.07, 6.45) is 7.99. The minimum absolute atomic E-state index is 0.0172. The van der Waals surface area contributed by atoms with E-state index >= 15 is 0 Å². The van der Waals surface area contributed by atoms with E-state index in [9.17, 15) is 14.4 Å². The fourth-order valence-corrected chi connectivity index (χ4v) is 4.03. The predicted molar refractivity (Wildman–Crippen MR) is 119 cm³/mol. The lowest BCUT2D eigenvalue weighted by Gasteiger charge is -2.30. The number of nitrogens with zero attached hydrogens (tertiary/aromatic N) is 4. The van der Waals surface area contributed by atoms with Crippen molar-refractivity contribution in [2.75, 3.05) is 13.6 Å². The van der Waals surface area contributed by atoms with Crippen molar-refractivity contribution in [2.45, 2.75) is 32.4 Å². The molecule has 1 N–H and O–H groups in total. The fourth-order valence-electron chi connectivity index (χ4n) is 4.03. The third-order valence-corrected chi connectivity index (χ3v) is 5.68. The zero-order chi connectivity index (χ0) is 22.5. The second kappa shape index (κ2) is 9.55. The molecule has 32 heavy (non-hydrogen) atoms. The summed E-state index contributed by atoms with van der Waals surface area (Å²) in [6, 6.07) is 9.62. The number of carbonyl (C=O) groups is 2. The maximum Gasteiger partial charge on any atom is 0.264 e. The predicted octanol–water partition coefficient (Wildman–Crippen LogP) is 1.56. The Labute approximate surface area is 185 Å². The molecule has 3 aromatic rings. The molecule has 0 aliphatic carbocycles. The quantitative estimate of drug-likeness (QED) is 0.639. The molecule has 0 unspecified atom stereocenters. The number of aromatic nitrogens is 3. The Balaban J connectivity index is 1.59. The minimum Gasteiger partial charge on any atom is -0.355 e. The summed E-state index contributed by atoms with van der Waals surface area (Å²) in [6.45, 7) is 1.20. The number of nitrogens with one attached hydrogen (secondary N) is 1. The molecule has 164 valence electrons. The molecule has 0 bridgehead atoms. The lowest BCUT2D eigenvalue weighted by atomic mass is 9.95. The largest absolute Gasteiger partial charge is 0.355 e. The van der Waals surface area contributed by atoms with E-state index in [0.29, 0.717) is 38.9 Å². The lowest BCUT2D eigenvalue weighted by Crippen LogP contribution is -2.41. The van der Waals surface area contributed by atoms with Crippen molar-refractivity contribution in [2.24, 2.45) is 0 Å². The summed E-state index contributed by atoms with van der Waals surface area (Å²) in [5.74, 6) is -0.375. The Morgan fingerprint density at radius 3 is 2.69 bits per heavy atom. The Bertz CT molecular complexity index is 1180. The van der Waals surface area contributed by atoms with Crippen molar-refractivity contribution in [1.29, 1.82) is 0 Å². The van der Waals surface area contributed by atoms with Gasteiger partial charge in [0.25, 0.3) is 11.5 Å². The van der Waals surface area contributed by atoms with E-state index in [1.165, 1.54) is 7.05 Å². The smallest absolute Gasteiger partial charge is 0.264 e. The van der Waals surface area contributed by atoms with Gasteiger partial charge in [-0.2, -0.15) is 0 Å². The van der Waals surface area contributed by atoms with Gasteiger partial charge in [-0.05, 0) is 29.5 Å². The van der Waals surface area contributed by atoms with Crippen LogP contribution in [0, 0.1) is 0 Å². The van der Waals surface area contributed by atoms with Gasteiger partial charge in [0.2, 0.25) is 5.91 Å². The van der Waals surface area contributed by atoms with Gasteiger partial charge in [-0.3, -0.25) is 24.4 Å². The molecule has 0 saturated heterocycles. The molecular weight excluding hydrogens is 406 g/mol. The van der Waals surface area contributed by atoms with Gasteiger partial charge in [0, 0.05) is 51.3 Å². The van der Waals surface area contributed by atoms with Crippen molar-refractivity contribution in [1.82, 2.24) is 24.8 Å². The van der Waals surface area contributed by atoms with E-state index in [1.54, 1.807) is 34.3 Å². The third-order valence-electron chi connectivity index (χ3n) is 5.68. The van der Waals surface area contributed by atoms with Gasteiger partial charge < -0.3 is 14.8 Å². The second-order valence-electron chi connectivity index (χ2n) is 7.77. The molecule has 8 nitrogen and oxygen atoms in total. The van der Waals surface area contributed by atoms with E-state index in [4.69, 9.17) is 0 Å². The first kappa shape index (κ1) is 21.4. The Kier molecular flexibility index (Phi) is 6.39. The van der Waals surface area contributed by atoms with Crippen LogP contribution in [-0.2, 0) is 30.7 Å². The molecule has 2 amide bonds. The highest BCUT2D eigenvalue weighted by Crippen LogP contribution is 2.22. The monoisotopic (exact) mass is 431 g/mol. The van der Waals surface area contributed by atoms with Crippen molar-refractivity contribution < 1.29 is 9.59 Å². The number of fused-ring (bicyclic) bond motifs is 1. The number of amides is 2. The maximum atomic E-state index is 13.1. The summed E-state index contributed by atoms with van der Waals surface area (Å²) in [5.41, 5.74) is 3.17. The molecule has 0 spiro atoms. The summed E-state index contributed by atoms with van der Waals surface area (Å²) in [7, 11) is 1.52. The normalized spacial score (nSPS) is 12.8. The molecule has 0 fully saturated rings. The highest BCUT2D eigenvalue weighted by Gasteiger charge is 2.27. The molecule has 0 saturated carbocycles. The average molecular weight is 431 g/mol. The van der Waals surface area contributed by atoms with Crippen LogP contribution in [0.5, 0.6) is 0 Å². The van der Waals surface area contributed by atoms with Crippen LogP contribution in [0.2, 0.25) is 0 Å². The summed E-state index contributed by atoms with van der Waals surface area (Å²) in [4.78, 5) is 48.6. The number of benzene rings is 1. The summed E-state index contributed by atoms with van der Waals surface area (Å²) >= 11 is 0. The summed E-state index contributed by atoms with van der Waals surface area (Å²) in [5, 5.41) is 2.59. The Morgan fingerprint density at radius 2 is 1.97 bits per heavy atom. The van der Waals surface area contributed by atoms with E-state index in [0.717, 1.165) is 22.4 Å². The van der Waals surface area contributed by atoms with Crippen molar-refractivity contribution in [3.8, 4) is 0 Å². The molecule has 8 heteroatoms. The molecule has 1 aromatic carbocycles. The van der Waals surface area contributed by atoms with Crippen LogP contribution < -0.4 is 10.9 Å². The van der Waals surface area contributed by atoms with Gasteiger partial charge in [-0.25, -0.2) is 0 Å². The summed E-state index contributed by atoms with van der Waals surface area (Å²) < 4.78 is 1.56. The van der Waals surface area contributed by atoms with Crippen LogP contribution in [-0.4, -0.2) is 44.8 Å². The van der Waals surface area contributed by atoms with Crippen LogP contribution in [0.25, 0.3) is 0 Å². The SMILES string of the molecule is CNC(=O)c1c2c(cn(Cc3ccccc3)c1=O)CN(C(=O)CCc1cnccn1)CC2. The first-order valence-corrected chi connectivity index (χ1v) is 10.6. The number of pyridine rings is 1. The number of hydrogen-bond donors (Lipinski definition) is 1. The van der Waals surface area contributed by atoms with Crippen molar-refractivity contribution >= 4 is 11.8 Å². The van der Waals surface area contributed by atoms with Crippen molar-refractivity contribution in [3.63, 3.8) is 0 Å². The molecule has 0 radical (unpaired) electrons. The number of carbonyl (C=O) groups excluding carboxylic acids is 2. The van der Waals surface area contributed by atoms with Crippen molar-refractivity contribution in [3.05, 3.63) is 93.4 Å². The Hall–Kier alpha value is -3.81. The molecule has 1 aliphatic rings. The molecule has 4 rings (SSSR count). The number of rotatable bonds is 6. The van der Waals surface area contributed by atoms with Crippen LogP contribution in [0.15, 0.2) is 59.9 Å². The molecule has 2 aromatic heterocycles. The average Bonchev–Trinajstić information content (AvgIpc) is 2.83. The zero-order valence-electron chi connectivity index (χ0n) is 18.0. The standard InChI is InChI=1S/C24H25N5O3/c1-25-23(31)22-20-9-12-28(21(30)8-7-19-13-26-10-11-27-19)15-18(20)16-29(24(22)32)14-17-5-3-2-4-6-17/h2-6,10-11,13,16H,7-9,12,14-15H2,1H3,(H,25,31). The van der Waals surface area contributed by atoms with E-state index in [-0.39, 0.29) is 17.0 Å². The highest BCUT2D eigenvalue weighted by molar-refractivity contribution is 5.95. The van der Waals surface area contributed by atoms with Crippen LogP contribution >= 0.6 is 0 Å². The molecule has 0 atom stereocenters. The van der Waals surface area contributed by atoms with Gasteiger partial charge >= 0.3 is 0 Å². The first-order valence-electron chi connectivity index (χ1n) is 10.6. The van der Waals surface area contributed by atoms with Gasteiger partial charge in [-0.1, -0.05) is 30.3 Å². The van der Waals surface area contributed by atoms with Crippen LogP contribution in [0.4, 0.5) is 0 Å². The highest BCUT2D eigenvalue weighted by atomic mass is 16.2. The first-order chi connectivity index (χ1) is 15.6. The lowest BCUT2D eigenvalue weighted by molar-refractivity contribution is -0.132. The number of aryl methyl sites for hydroxylation is 1. The molecule has 3 heterocycles. The molecular formula is C24H25N5O3. The number of hydrogen-bond acceptors (Lipinski definition) is 5. The van der Waals surface area contributed by atoms with Crippen LogP contribution in [0.3, 0.4) is 0 Å².